The monoisotopic (exact) mass is 449 g/mol. The molecular formula is C28H51NO3. The summed E-state index contributed by atoms with van der Waals surface area (Å²) in [4.78, 5) is 12.1. The molecule has 0 aromatic carbocycles. The van der Waals surface area contributed by atoms with Gasteiger partial charge in [-0.1, -0.05) is 102 Å². The fourth-order valence-electron chi connectivity index (χ4n) is 3.61. The maximum absolute atomic E-state index is 12.1. The molecule has 0 aromatic heterocycles. The first kappa shape index (κ1) is 30.6. The van der Waals surface area contributed by atoms with Gasteiger partial charge in [0.2, 0.25) is 5.91 Å². The fourth-order valence-corrected chi connectivity index (χ4v) is 3.61. The van der Waals surface area contributed by atoms with Gasteiger partial charge >= 0.3 is 0 Å². The molecule has 0 radical (unpaired) electrons. The molecule has 3 N–H and O–H groups in total. The Bertz CT molecular complexity index is 499. The van der Waals surface area contributed by atoms with Crippen LogP contribution in [0.5, 0.6) is 0 Å². The third-order valence-electron chi connectivity index (χ3n) is 5.67. The zero-order valence-corrected chi connectivity index (χ0v) is 20.9. The normalized spacial score (nSPS) is 14.0. The van der Waals surface area contributed by atoms with E-state index in [-0.39, 0.29) is 12.5 Å². The first-order valence-corrected chi connectivity index (χ1v) is 13.2. The second-order valence-electron chi connectivity index (χ2n) is 8.73. The lowest BCUT2D eigenvalue weighted by atomic mass is 10.0. The second-order valence-corrected chi connectivity index (χ2v) is 8.73. The van der Waals surface area contributed by atoms with Gasteiger partial charge in [0, 0.05) is 6.42 Å². The number of aliphatic hydroxyl groups is 2. The Morgan fingerprint density at radius 3 is 2.03 bits per heavy atom. The Morgan fingerprint density at radius 1 is 0.781 bits per heavy atom. The van der Waals surface area contributed by atoms with Crippen LogP contribution < -0.4 is 5.32 Å². The van der Waals surface area contributed by atoms with E-state index in [9.17, 15) is 15.0 Å². The highest BCUT2D eigenvalue weighted by Crippen LogP contribution is 2.12. The number of amides is 1. The molecule has 0 bridgehead atoms. The van der Waals surface area contributed by atoms with Crippen LogP contribution in [0.4, 0.5) is 0 Å². The van der Waals surface area contributed by atoms with Gasteiger partial charge in [0.25, 0.3) is 0 Å². The lowest BCUT2D eigenvalue weighted by Crippen LogP contribution is -2.45. The zero-order chi connectivity index (χ0) is 23.7. The number of carbonyl (C=O) groups is 1. The zero-order valence-electron chi connectivity index (χ0n) is 20.9. The van der Waals surface area contributed by atoms with Crippen LogP contribution in [0.1, 0.15) is 117 Å². The Balaban J connectivity index is 3.74. The maximum Gasteiger partial charge on any atom is 0.220 e. The smallest absolute Gasteiger partial charge is 0.220 e. The summed E-state index contributed by atoms with van der Waals surface area (Å²) < 4.78 is 0. The van der Waals surface area contributed by atoms with Crippen molar-refractivity contribution in [2.75, 3.05) is 6.61 Å². The van der Waals surface area contributed by atoms with Crippen LogP contribution in [-0.4, -0.2) is 34.9 Å². The van der Waals surface area contributed by atoms with E-state index in [1.54, 1.807) is 0 Å². The van der Waals surface area contributed by atoms with Gasteiger partial charge in [-0.3, -0.25) is 4.79 Å². The lowest BCUT2D eigenvalue weighted by Gasteiger charge is -2.22. The van der Waals surface area contributed by atoms with Crippen LogP contribution in [0.25, 0.3) is 0 Å². The van der Waals surface area contributed by atoms with E-state index in [1.807, 2.05) is 0 Å². The van der Waals surface area contributed by atoms with E-state index in [0.29, 0.717) is 12.8 Å². The number of unbranched alkanes of at least 4 members (excludes halogenated alkanes) is 9. The van der Waals surface area contributed by atoms with Gasteiger partial charge in [0.05, 0.1) is 18.8 Å². The Labute approximate surface area is 198 Å². The minimum Gasteiger partial charge on any atom is -0.394 e. The van der Waals surface area contributed by atoms with Crippen molar-refractivity contribution in [3.63, 3.8) is 0 Å². The number of allylic oxidation sites excluding steroid dienone is 6. The van der Waals surface area contributed by atoms with Gasteiger partial charge in [-0.05, 0) is 44.9 Å². The van der Waals surface area contributed by atoms with E-state index >= 15 is 0 Å². The highest BCUT2D eigenvalue weighted by atomic mass is 16.3. The van der Waals surface area contributed by atoms with Crippen molar-refractivity contribution in [3.05, 3.63) is 36.5 Å². The number of aliphatic hydroxyl groups excluding tert-OH is 2. The van der Waals surface area contributed by atoms with Crippen molar-refractivity contribution in [1.82, 2.24) is 5.32 Å². The summed E-state index contributed by atoms with van der Waals surface area (Å²) in [6.07, 6.45) is 29.0. The van der Waals surface area contributed by atoms with Crippen molar-refractivity contribution < 1.29 is 15.0 Å². The SMILES string of the molecule is CC/C=C\C/C=C\C/C=C\CCCCCC(=O)NC(CO)C(O)CCCCCCCCC. The van der Waals surface area contributed by atoms with E-state index in [4.69, 9.17) is 0 Å². The van der Waals surface area contributed by atoms with Crippen molar-refractivity contribution >= 4 is 5.91 Å². The number of hydrogen-bond donors (Lipinski definition) is 3. The Morgan fingerprint density at radius 2 is 1.38 bits per heavy atom. The molecule has 186 valence electrons. The molecule has 0 saturated heterocycles. The van der Waals surface area contributed by atoms with Gasteiger partial charge in [-0.2, -0.15) is 0 Å². The Hall–Kier alpha value is -1.39. The predicted molar refractivity (Wildman–Crippen MR) is 138 cm³/mol. The summed E-state index contributed by atoms with van der Waals surface area (Å²) in [5.41, 5.74) is 0. The molecule has 1 amide bonds. The van der Waals surface area contributed by atoms with Gasteiger partial charge in [-0.25, -0.2) is 0 Å². The van der Waals surface area contributed by atoms with Gasteiger partial charge in [-0.15, -0.1) is 0 Å². The number of hydrogen-bond acceptors (Lipinski definition) is 3. The summed E-state index contributed by atoms with van der Waals surface area (Å²) in [5, 5.41) is 22.6. The third-order valence-corrected chi connectivity index (χ3v) is 5.67. The maximum atomic E-state index is 12.1. The number of carbonyl (C=O) groups excluding carboxylic acids is 1. The van der Waals surface area contributed by atoms with E-state index in [1.165, 1.54) is 32.1 Å². The van der Waals surface area contributed by atoms with Crippen LogP contribution in [-0.2, 0) is 4.79 Å². The van der Waals surface area contributed by atoms with Gasteiger partial charge in [0.15, 0.2) is 0 Å². The van der Waals surface area contributed by atoms with Crippen LogP contribution in [0.2, 0.25) is 0 Å². The van der Waals surface area contributed by atoms with Gasteiger partial charge in [0.1, 0.15) is 0 Å². The molecule has 0 aliphatic carbocycles. The minimum absolute atomic E-state index is 0.0690. The van der Waals surface area contributed by atoms with E-state index in [0.717, 1.165) is 57.8 Å². The molecule has 0 aliphatic heterocycles. The standard InChI is InChI=1S/C28H51NO3/c1-3-5-7-9-11-12-13-14-15-16-18-20-22-24-28(32)29-26(25-30)27(31)23-21-19-17-10-8-6-4-2/h5,7,11-12,14-15,26-27,30-31H,3-4,6,8-10,13,16-25H2,1-2H3,(H,29,32)/b7-5-,12-11-,15-14-. The van der Waals surface area contributed by atoms with Crippen molar-refractivity contribution in [3.8, 4) is 0 Å². The quantitative estimate of drug-likeness (QED) is 0.126. The molecule has 0 aliphatic rings. The van der Waals surface area contributed by atoms with Gasteiger partial charge < -0.3 is 15.5 Å². The number of nitrogens with one attached hydrogen (secondary N) is 1. The van der Waals surface area contributed by atoms with Crippen LogP contribution in [0, 0.1) is 0 Å². The van der Waals surface area contributed by atoms with Crippen molar-refractivity contribution in [2.24, 2.45) is 0 Å². The van der Waals surface area contributed by atoms with Crippen LogP contribution in [0.15, 0.2) is 36.5 Å². The molecule has 2 unspecified atom stereocenters. The molecular weight excluding hydrogens is 398 g/mol. The van der Waals surface area contributed by atoms with Crippen molar-refractivity contribution in [2.45, 2.75) is 129 Å². The van der Waals surface area contributed by atoms with Crippen LogP contribution in [0.3, 0.4) is 0 Å². The average Bonchev–Trinajstić information content (AvgIpc) is 2.79. The molecule has 0 rings (SSSR count). The Kier molecular flexibility index (Phi) is 23.2. The highest BCUT2D eigenvalue weighted by Gasteiger charge is 2.19. The average molecular weight is 450 g/mol. The molecule has 0 spiro atoms. The predicted octanol–water partition coefficient (Wildman–Crippen LogP) is 6.77. The summed E-state index contributed by atoms with van der Waals surface area (Å²) >= 11 is 0. The lowest BCUT2D eigenvalue weighted by molar-refractivity contribution is -0.123. The molecule has 0 aromatic rings. The van der Waals surface area contributed by atoms with E-state index in [2.05, 4.69) is 55.6 Å². The summed E-state index contributed by atoms with van der Waals surface area (Å²) in [5.74, 6) is -0.0690. The van der Waals surface area contributed by atoms with Crippen LogP contribution >= 0.6 is 0 Å². The summed E-state index contributed by atoms with van der Waals surface area (Å²) in [6, 6.07) is -0.545. The topological polar surface area (TPSA) is 69.6 Å². The minimum atomic E-state index is -0.665. The molecule has 32 heavy (non-hydrogen) atoms. The molecule has 4 nitrogen and oxygen atoms in total. The summed E-state index contributed by atoms with van der Waals surface area (Å²) in [7, 11) is 0. The molecule has 0 saturated carbocycles. The summed E-state index contributed by atoms with van der Waals surface area (Å²) in [6.45, 7) is 4.15. The molecule has 0 fully saturated rings. The molecule has 0 heterocycles. The number of rotatable bonds is 22. The highest BCUT2D eigenvalue weighted by molar-refractivity contribution is 5.76. The largest absolute Gasteiger partial charge is 0.394 e. The van der Waals surface area contributed by atoms with E-state index < -0.39 is 12.1 Å². The van der Waals surface area contributed by atoms with Crippen molar-refractivity contribution in [1.29, 1.82) is 0 Å². The fraction of sp³-hybridized carbons (Fsp3) is 0.750. The molecule has 2 atom stereocenters. The third kappa shape index (κ3) is 20.5. The second kappa shape index (κ2) is 24.3. The molecule has 4 heteroatoms. The first-order chi connectivity index (χ1) is 15.7. The first-order valence-electron chi connectivity index (χ1n) is 13.2.